The Morgan fingerprint density at radius 3 is 2.70 bits per heavy atom. The number of ketones is 1. The fourth-order valence-electron chi connectivity index (χ4n) is 2.29. The topological polar surface area (TPSA) is 67.5 Å². The zero-order valence-electron chi connectivity index (χ0n) is 12.4. The number of phenols is 1. The third-order valence-electron chi connectivity index (χ3n) is 3.50. The predicted octanol–water partition coefficient (Wildman–Crippen LogP) is 3.70. The third kappa shape index (κ3) is 3.06. The van der Waals surface area contributed by atoms with Crippen molar-refractivity contribution < 1.29 is 14.3 Å². The normalized spacial score (nSPS) is 11.2. The van der Waals surface area contributed by atoms with Crippen LogP contribution in [0.4, 0.5) is 0 Å². The maximum Gasteiger partial charge on any atom is 0.343 e. The average molecular weight is 306 g/mol. The first-order valence-electron chi connectivity index (χ1n) is 7.09. The summed E-state index contributed by atoms with van der Waals surface area (Å²) in [6.45, 7) is 1.91. The maximum atomic E-state index is 12.1. The van der Waals surface area contributed by atoms with Gasteiger partial charge in [0.15, 0.2) is 5.78 Å². The summed E-state index contributed by atoms with van der Waals surface area (Å²) in [5.41, 5.74) is 1.47. The van der Waals surface area contributed by atoms with E-state index in [9.17, 15) is 14.7 Å². The second-order valence-corrected chi connectivity index (χ2v) is 5.25. The number of fused-ring (bicyclic) bond motifs is 1. The molecule has 0 radical (unpaired) electrons. The van der Waals surface area contributed by atoms with Crippen molar-refractivity contribution in [3.63, 3.8) is 0 Å². The summed E-state index contributed by atoms with van der Waals surface area (Å²) in [6, 6.07) is 13.5. The van der Waals surface area contributed by atoms with Crippen molar-refractivity contribution in [2.75, 3.05) is 0 Å². The summed E-state index contributed by atoms with van der Waals surface area (Å²) in [5.74, 6) is -0.477. The van der Waals surface area contributed by atoms with Crippen molar-refractivity contribution in [2.45, 2.75) is 6.92 Å². The van der Waals surface area contributed by atoms with Crippen molar-refractivity contribution in [2.24, 2.45) is 0 Å². The van der Waals surface area contributed by atoms with Crippen LogP contribution >= 0.6 is 0 Å². The van der Waals surface area contributed by atoms with Crippen LogP contribution in [0, 0.1) is 6.92 Å². The van der Waals surface area contributed by atoms with E-state index in [-0.39, 0.29) is 22.7 Å². The Kier molecular flexibility index (Phi) is 3.81. The highest BCUT2D eigenvalue weighted by Gasteiger charge is 2.08. The Balaban J connectivity index is 1.96. The molecule has 1 aromatic heterocycles. The quantitative estimate of drug-likeness (QED) is 0.455. The second-order valence-electron chi connectivity index (χ2n) is 5.25. The zero-order valence-corrected chi connectivity index (χ0v) is 12.4. The Morgan fingerprint density at radius 2 is 1.91 bits per heavy atom. The Bertz CT molecular complexity index is 980. The molecule has 1 heterocycles. The molecular formula is C19H14O4. The first kappa shape index (κ1) is 14.8. The van der Waals surface area contributed by atoms with E-state index in [2.05, 4.69) is 0 Å². The molecule has 3 rings (SSSR count). The van der Waals surface area contributed by atoms with Crippen LogP contribution in [0.3, 0.4) is 0 Å². The molecule has 0 saturated carbocycles. The van der Waals surface area contributed by atoms with Crippen LogP contribution in [-0.4, -0.2) is 10.9 Å². The van der Waals surface area contributed by atoms with Gasteiger partial charge in [-0.2, -0.15) is 0 Å². The molecule has 0 atom stereocenters. The molecule has 0 fully saturated rings. The van der Waals surface area contributed by atoms with Crippen LogP contribution in [0.1, 0.15) is 21.5 Å². The number of carbonyl (C=O) groups is 1. The number of rotatable bonds is 3. The molecule has 1 N–H and O–H groups in total. The smallest absolute Gasteiger partial charge is 0.343 e. The molecule has 0 bridgehead atoms. The van der Waals surface area contributed by atoms with E-state index < -0.39 is 5.63 Å². The Labute approximate surface area is 132 Å². The summed E-state index contributed by atoms with van der Waals surface area (Å²) in [6.07, 6.45) is 2.65. The number of allylic oxidation sites excluding steroid dienone is 1. The lowest BCUT2D eigenvalue weighted by Crippen LogP contribution is -2.03. The highest BCUT2D eigenvalue weighted by molar-refractivity contribution is 6.08. The molecule has 2 aromatic carbocycles. The summed E-state index contributed by atoms with van der Waals surface area (Å²) in [5, 5.41) is 10.4. The summed E-state index contributed by atoms with van der Waals surface area (Å²) >= 11 is 0. The largest absolute Gasteiger partial charge is 0.507 e. The molecule has 0 spiro atoms. The fraction of sp³-hybridized carbons (Fsp3) is 0.0526. The molecule has 4 heteroatoms. The number of benzene rings is 2. The average Bonchev–Trinajstić information content (AvgIpc) is 2.53. The van der Waals surface area contributed by atoms with Gasteiger partial charge in [-0.05, 0) is 48.9 Å². The van der Waals surface area contributed by atoms with Crippen LogP contribution < -0.4 is 5.63 Å². The molecule has 0 unspecified atom stereocenters. The van der Waals surface area contributed by atoms with Crippen molar-refractivity contribution >= 4 is 22.8 Å². The standard InChI is InChI=1S/C19H14O4/c1-12-6-7-13-11-14(19(22)23-18(13)10-12)8-9-17(21)15-4-2-3-5-16(15)20/h2-11,20H,1H3/b9-8+. The minimum atomic E-state index is -0.510. The van der Waals surface area contributed by atoms with Crippen LogP contribution in [0.5, 0.6) is 5.75 Å². The van der Waals surface area contributed by atoms with Gasteiger partial charge in [-0.15, -0.1) is 0 Å². The zero-order chi connectivity index (χ0) is 16.4. The van der Waals surface area contributed by atoms with Gasteiger partial charge >= 0.3 is 5.63 Å². The molecule has 0 aliphatic carbocycles. The molecule has 0 saturated heterocycles. The molecule has 0 amide bonds. The van der Waals surface area contributed by atoms with Gasteiger partial charge in [-0.25, -0.2) is 4.79 Å². The van der Waals surface area contributed by atoms with E-state index >= 15 is 0 Å². The van der Waals surface area contributed by atoms with Gasteiger partial charge in [-0.3, -0.25) is 4.79 Å². The first-order chi connectivity index (χ1) is 11.0. The number of hydrogen-bond acceptors (Lipinski definition) is 4. The van der Waals surface area contributed by atoms with Gasteiger partial charge in [0, 0.05) is 5.39 Å². The lowest BCUT2D eigenvalue weighted by atomic mass is 10.1. The van der Waals surface area contributed by atoms with E-state index in [4.69, 9.17) is 4.42 Å². The summed E-state index contributed by atoms with van der Waals surface area (Å²) in [4.78, 5) is 24.1. The van der Waals surface area contributed by atoms with Gasteiger partial charge < -0.3 is 9.52 Å². The fourth-order valence-corrected chi connectivity index (χ4v) is 2.29. The van der Waals surface area contributed by atoms with Gasteiger partial charge in [-0.1, -0.05) is 24.3 Å². The van der Waals surface area contributed by atoms with Crippen LogP contribution in [0.2, 0.25) is 0 Å². The molecule has 3 aromatic rings. The van der Waals surface area contributed by atoms with Crippen LogP contribution in [0.15, 0.2) is 63.8 Å². The molecule has 4 nitrogen and oxygen atoms in total. The first-order valence-corrected chi connectivity index (χ1v) is 7.09. The number of aromatic hydroxyl groups is 1. The van der Waals surface area contributed by atoms with Gasteiger partial charge in [0.1, 0.15) is 11.3 Å². The molecule has 0 aliphatic heterocycles. The van der Waals surface area contributed by atoms with Crippen molar-refractivity contribution in [1.29, 1.82) is 0 Å². The van der Waals surface area contributed by atoms with Crippen molar-refractivity contribution in [3.8, 4) is 5.75 Å². The Morgan fingerprint density at radius 1 is 1.13 bits per heavy atom. The van der Waals surface area contributed by atoms with Crippen LogP contribution in [0.25, 0.3) is 17.0 Å². The van der Waals surface area contributed by atoms with E-state index in [1.807, 2.05) is 19.1 Å². The van der Waals surface area contributed by atoms with Gasteiger partial charge in [0.05, 0.1) is 11.1 Å². The highest BCUT2D eigenvalue weighted by atomic mass is 16.4. The third-order valence-corrected chi connectivity index (χ3v) is 3.50. The number of carbonyl (C=O) groups excluding carboxylic acids is 1. The maximum absolute atomic E-state index is 12.1. The Hall–Kier alpha value is -3.14. The van der Waals surface area contributed by atoms with Gasteiger partial charge in [0.2, 0.25) is 0 Å². The number of aryl methyl sites for hydroxylation is 1. The van der Waals surface area contributed by atoms with Crippen molar-refractivity contribution in [3.05, 3.63) is 81.7 Å². The van der Waals surface area contributed by atoms with E-state index in [0.717, 1.165) is 10.9 Å². The molecule has 23 heavy (non-hydrogen) atoms. The number of hydrogen-bond donors (Lipinski definition) is 1. The number of para-hydroxylation sites is 1. The van der Waals surface area contributed by atoms with E-state index in [0.29, 0.717) is 5.58 Å². The summed E-state index contributed by atoms with van der Waals surface area (Å²) < 4.78 is 5.27. The minimum absolute atomic E-state index is 0.0943. The monoisotopic (exact) mass is 306 g/mol. The van der Waals surface area contributed by atoms with Crippen molar-refractivity contribution in [1.82, 2.24) is 0 Å². The summed E-state index contributed by atoms with van der Waals surface area (Å²) in [7, 11) is 0. The minimum Gasteiger partial charge on any atom is -0.507 e. The van der Waals surface area contributed by atoms with Gasteiger partial charge in [0.25, 0.3) is 0 Å². The van der Waals surface area contributed by atoms with Crippen LogP contribution in [-0.2, 0) is 0 Å². The highest BCUT2D eigenvalue weighted by Crippen LogP contribution is 2.18. The number of phenolic OH excluding ortho intramolecular Hbond substituents is 1. The lowest BCUT2D eigenvalue weighted by Gasteiger charge is -2.00. The van der Waals surface area contributed by atoms with E-state index in [1.54, 1.807) is 24.3 Å². The SMILES string of the molecule is Cc1ccc2cc(/C=C/C(=O)c3ccccc3O)c(=O)oc2c1. The predicted molar refractivity (Wildman–Crippen MR) is 88.7 cm³/mol. The lowest BCUT2D eigenvalue weighted by molar-refractivity contribution is 0.104. The van der Waals surface area contributed by atoms with E-state index in [1.165, 1.54) is 24.3 Å². The molecular weight excluding hydrogens is 292 g/mol. The second kappa shape index (κ2) is 5.93. The molecule has 0 aliphatic rings. The molecule has 114 valence electrons.